The van der Waals surface area contributed by atoms with E-state index in [1.54, 1.807) is 65.6 Å². The molecule has 3 aromatic rings. The molecule has 0 bridgehead atoms. The van der Waals surface area contributed by atoms with E-state index in [0.29, 0.717) is 35.8 Å². The first-order chi connectivity index (χ1) is 17.2. The molecule has 3 rings (SSSR count). The predicted molar refractivity (Wildman–Crippen MR) is 141 cm³/mol. The molecule has 190 valence electrons. The fourth-order valence-corrected chi connectivity index (χ4v) is 5.10. The zero-order valence-electron chi connectivity index (χ0n) is 20.9. The maximum Gasteiger partial charge on any atom is 0.264 e. The minimum Gasteiger partial charge on any atom is -0.497 e. The molecule has 0 unspecified atom stereocenters. The van der Waals surface area contributed by atoms with E-state index < -0.39 is 22.5 Å². The molecule has 0 spiro atoms. The molecule has 8 nitrogen and oxygen atoms in total. The molecule has 3 aromatic carbocycles. The molecular weight excluding hydrogens is 478 g/mol. The van der Waals surface area contributed by atoms with Crippen LogP contribution in [0.3, 0.4) is 0 Å². The Morgan fingerprint density at radius 3 is 2.08 bits per heavy atom. The number of aryl methyl sites for hydroxylation is 1. The van der Waals surface area contributed by atoms with Gasteiger partial charge in [0.15, 0.2) is 0 Å². The van der Waals surface area contributed by atoms with Gasteiger partial charge in [0, 0.05) is 13.1 Å². The summed E-state index contributed by atoms with van der Waals surface area (Å²) in [5, 5.41) is 2.74. The Kier molecular flexibility index (Phi) is 8.71. The van der Waals surface area contributed by atoms with Gasteiger partial charge in [0.05, 0.1) is 28.9 Å². The number of amides is 2. The average Bonchev–Trinajstić information content (AvgIpc) is 2.89. The van der Waals surface area contributed by atoms with E-state index in [1.165, 1.54) is 19.2 Å². The zero-order chi connectivity index (χ0) is 26.3. The highest BCUT2D eigenvalue weighted by molar-refractivity contribution is 7.92. The van der Waals surface area contributed by atoms with Gasteiger partial charge in [0.1, 0.15) is 12.3 Å². The number of ether oxygens (including phenoxy) is 1. The van der Waals surface area contributed by atoms with E-state index in [1.807, 2.05) is 20.8 Å². The molecule has 0 saturated heterocycles. The number of nitrogens with zero attached hydrogens (tertiary/aromatic N) is 2. The first-order valence-electron chi connectivity index (χ1n) is 11.6. The van der Waals surface area contributed by atoms with Gasteiger partial charge in [-0.3, -0.25) is 13.9 Å². The molecule has 0 aliphatic rings. The van der Waals surface area contributed by atoms with Gasteiger partial charge in [-0.25, -0.2) is 8.42 Å². The summed E-state index contributed by atoms with van der Waals surface area (Å²) in [4.78, 5) is 27.8. The maximum absolute atomic E-state index is 13.6. The Hall–Kier alpha value is -3.85. The molecule has 9 heteroatoms. The smallest absolute Gasteiger partial charge is 0.264 e. The molecular formula is C27H31N3O5S. The standard InChI is InChI=1S/C27H31N3O5S/c1-5-29(6-2)27(32)24-9-7-8-10-25(24)28-26(31)19-30(21-13-11-20(3)12-14-21)36(33,34)23-17-15-22(35-4)16-18-23/h7-18H,5-6,19H2,1-4H3,(H,28,31). The van der Waals surface area contributed by atoms with Gasteiger partial charge < -0.3 is 15.0 Å². The third kappa shape index (κ3) is 6.04. The summed E-state index contributed by atoms with van der Waals surface area (Å²) in [5.41, 5.74) is 1.97. The lowest BCUT2D eigenvalue weighted by atomic mass is 10.1. The largest absolute Gasteiger partial charge is 0.497 e. The molecule has 2 amide bonds. The predicted octanol–water partition coefficient (Wildman–Crippen LogP) is 4.32. The van der Waals surface area contributed by atoms with Crippen LogP contribution in [-0.2, 0) is 14.8 Å². The highest BCUT2D eigenvalue weighted by atomic mass is 32.2. The number of methoxy groups -OCH3 is 1. The summed E-state index contributed by atoms with van der Waals surface area (Å²) >= 11 is 0. The van der Waals surface area contributed by atoms with Crippen LogP contribution < -0.4 is 14.4 Å². The number of carbonyl (C=O) groups is 2. The maximum atomic E-state index is 13.6. The van der Waals surface area contributed by atoms with E-state index in [4.69, 9.17) is 4.74 Å². The highest BCUT2D eigenvalue weighted by Crippen LogP contribution is 2.26. The van der Waals surface area contributed by atoms with Crippen LogP contribution in [0, 0.1) is 6.92 Å². The summed E-state index contributed by atoms with van der Waals surface area (Å²) in [6, 6.07) is 19.5. The second-order valence-electron chi connectivity index (χ2n) is 8.09. The van der Waals surface area contributed by atoms with Crippen LogP contribution in [0.2, 0.25) is 0 Å². The van der Waals surface area contributed by atoms with Crippen molar-refractivity contribution in [3.05, 3.63) is 83.9 Å². The molecule has 0 aliphatic carbocycles. The number of benzene rings is 3. The normalized spacial score (nSPS) is 11.0. The number of sulfonamides is 1. The second-order valence-corrected chi connectivity index (χ2v) is 9.96. The van der Waals surface area contributed by atoms with E-state index in [9.17, 15) is 18.0 Å². The first-order valence-corrected chi connectivity index (χ1v) is 13.1. The van der Waals surface area contributed by atoms with E-state index in [-0.39, 0.29) is 10.8 Å². The fourth-order valence-electron chi connectivity index (χ4n) is 3.68. The Labute approximate surface area is 212 Å². The topological polar surface area (TPSA) is 96.0 Å². The summed E-state index contributed by atoms with van der Waals surface area (Å²) in [6.07, 6.45) is 0. The molecule has 0 aliphatic heterocycles. The van der Waals surface area contributed by atoms with Gasteiger partial charge in [0.2, 0.25) is 5.91 Å². The van der Waals surface area contributed by atoms with Crippen molar-refractivity contribution in [2.24, 2.45) is 0 Å². The number of para-hydroxylation sites is 1. The van der Waals surface area contributed by atoms with Gasteiger partial charge in [0.25, 0.3) is 15.9 Å². The summed E-state index contributed by atoms with van der Waals surface area (Å²) in [6.45, 7) is 6.23. The van der Waals surface area contributed by atoms with Crippen molar-refractivity contribution < 1.29 is 22.7 Å². The molecule has 0 saturated carbocycles. The SMILES string of the molecule is CCN(CC)C(=O)c1ccccc1NC(=O)CN(c1ccc(C)cc1)S(=O)(=O)c1ccc(OC)cc1. The van der Waals surface area contributed by atoms with Crippen LogP contribution in [0.1, 0.15) is 29.8 Å². The Morgan fingerprint density at radius 2 is 1.50 bits per heavy atom. The van der Waals surface area contributed by atoms with Crippen molar-refractivity contribution in [2.75, 3.05) is 36.4 Å². The van der Waals surface area contributed by atoms with Crippen LogP contribution in [0.4, 0.5) is 11.4 Å². The minimum absolute atomic E-state index is 0.0220. The van der Waals surface area contributed by atoms with Crippen LogP contribution >= 0.6 is 0 Å². The zero-order valence-corrected chi connectivity index (χ0v) is 21.7. The van der Waals surface area contributed by atoms with Crippen LogP contribution in [0.25, 0.3) is 0 Å². The molecule has 0 atom stereocenters. The number of nitrogens with one attached hydrogen (secondary N) is 1. The lowest BCUT2D eigenvalue weighted by Crippen LogP contribution is -2.38. The Balaban J connectivity index is 1.93. The third-order valence-electron chi connectivity index (χ3n) is 5.74. The van der Waals surface area contributed by atoms with Crippen LogP contribution in [-0.4, -0.2) is 51.9 Å². The van der Waals surface area contributed by atoms with E-state index in [2.05, 4.69) is 5.32 Å². The lowest BCUT2D eigenvalue weighted by Gasteiger charge is -2.25. The summed E-state index contributed by atoms with van der Waals surface area (Å²) < 4.78 is 33.4. The highest BCUT2D eigenvalue weighted by Gasteiger charge is 2.28. The number of hydrogen-bond acceptors (Lipinski definition) is 5. The van der Waals surface area contributed by atoms with Crippen LogP contribution in [0.15, 0.2) is 77.7 Å². The third-order valence-corrected chi connectivity index (χ3v) is 7.53. The van der Waals surface area contributed by atoms with Gasteiger partial charge in [-0.05, 0) is 69.3 Å². The molecule has 0 radical (unpaired) electrons. The molecule has 0 fully saturated rings. The molecule has 36 heavy (non-hydrogen) atoms. The first kappa shape index (κ1) is 26.7. The monoisotopic (exact) mass is 509 g/mol. The van der Waals surface area contributed by atoms with Gasteiger partial charge in [-0.15, -0.1) is 0 Å². The van der Waals surface area contributed by atoms with E-state index >= 15 is 0 Å². The van der Waals surface area contributed by atoms with Crippen LogP contribution in [0.5, 0.6) is 5.75 Å². The summed E-state index contributed by atoms with van der Waals surface area (Å²) in [5.74, 6) is -0.271. The van der Waals surface area contributed by atoms with Gasteiger partial charge in [-0.2, -0.15) is 0 Å². The Morgan fingerprint density at radius 1 is 0.889 bits per heavy atom. The lowest BCUT2D eigenvalue weighted by molar-refractivity contribution is -0.114. The minimum atomic E-state index is -4.09. The van der Waals surface area contributed by atoms with Crippen molar-refractivity contribution in [1.29, 1.82) is 0 Å². The number of rotatable bonds is 10. The van der Waals surface area contributed by atoms with Crippen molar-refractivity contribution >= 4 is 33.2 Å². The Bertz CT molecular complexity index is 1300. The number of carbonyl (C=O) groups excluding carboxylic acids is 2. The molecule has 1 N–H and O–H groups in total. The number of anilines is 2. The quantitative estimate of drug-likeness (QED) is 0.439. The van der Waals surface area contributed by atoms with Crippen molar-refractivity contribution in [1.82, 2.24) is 4.90 Å². The molecule has 0 heterocycles. The van der Waals surface area contributed by atoms with Crippen molar-refractivity contribution in [3.63, 3.8) is 0 Å². The van der Waals surface area contributed by atoms with E-state index in [0.717, 1.165) is 9.87 Å². The second kappa shape index (κ2) is 11.7. The summed E-state index contributed by atoms with van der Waals surface area (Å²) in [7, 11) is -2.59. The van der Waals surface area contributed by atoms with Crippen molar-refractivity contribution in [2.45, 2.75) is 25.7 Å². The molecule has 0 aromatic heterocycles. The fraction of sp³-hybridized carbons (Fsp3) is 0.259. The number of hydrogen-bond donors (Lipinski definition) is 1. The average molecular weight is 510 g/mol. The van der Waals surface area contributed by atoms with Crippen molar-refractivity contribution in [3.8, 4) is 5.75 Å². The van der Waals surface area contributed by atoms with Gasteiger partial charge in [-0.1, -0.05) is 29.8 Å². The van der Waals surface area contributed by atoms with Gasteiger partial charge >= 0.3 is 0 Å².